The van der Waals surface area contributed by atoms with Crippen molar-refractivity contribution in [3.05, 3.63) is 118 Å². The predicted molar refractivity (Wildman–Crippen MR) is 159 cm³/mol. The number of aliphatic hydroxyl groups excluding tert-OH is 1. The zero-order valence-electron chi connectivity index (χ0n) is 23.9. The van der Waals surface area contributed by atoms with Crippen molar-refractivity contribution in [2.45, 2.75) is 30.6 Å². The highest BCUT2D eigenvalue weighted by Gasteiger charge is 2.55. The molecule has 1 aliphatic heterocycles. The molecule has 222 valence electrons. The van der Waals surface area contributed by atoms with Crippen LogP contribution in [0.25, 0.3) is 11.2 Å². The van der Waals surface area contributed by atoms with Crippen molar-refractivity contribution in [1.29, 1.82) is 0 Å². The molecule has 0 bridgehead atoms. The van der Waals surface area contributed by atoms with Crippen molar-refractivity contribution in [3.63, 3.8) is 0 Å². The molecule has 1 saturated heterocycles. The Labute approximate surface area is 247 Å². The molecule has 6 rings (SSSR count). The van der Waals surface area contributed by atoms with Crippen LogP contribution >= 0.6 is 0 Å². The van der Waals surface area contributed by atoms with E-state index >= 15 is 4.39 Å². The van der Waals surface area contributed by atoms with Gasteiger partial charge in [0, 0.05) is 13.0 Å². The summed E-state index contributed by atoms with van der Waals surface area (Å²) >= 11 is 0. The molecule has 5 aromatic rings. The molecule has 11 heteroatoms. The molecule has 0 spiro atoms. The zero-order chi connectivity index (χ0) is 30.2. The SMILES string of the molecule is COc1ccc(C(Nc2nc3c(ncn3[C@@H]3O[C@@](CO)(OC)[C@@H](C)[C@H]3F)c(=O)[nH]2)(c2ccccc2)c2ccccc2)cc1. The van der Waals surface area contributed by atoms with Crippen LogP contribution in [-0.2, 0) is 15.0 Å². The first-order chi connectivity index (χ1) is 20.9. The van der Waals surface area contributed by atoms with Crippen LogP contribution in [0.1, 0.15) is 29.8 Å². The van der Waals surface area contributed by atoms with Crippen LogP contribution in [0, 0.1) is 5.92 Å². The Hall–Kier alpha value is -4.58. The topological polar surface area (TPSA) is 124 Å². The summed E-state index contributed by atoms with van der Waals surface area (Å²) < 4.78 is 33.7. The van der Waals surface area contributed by atoms with Gasteiger partial charge in [-0.25, -0.2) is 9.37 Å². The van der Waals surface area contributed by atoms with Crippen molar-refractivity contribution in [2.75, 3.05) is 26.1 Å². The number of hydrogen-bond donors (Lipinski definition) is 3. The fourth-order valence-corrected chi connectivity index (χ4v) is 5.84. The average Bonchev–Trinajstić information content (AvgIpc) is 3.59. The smallest absolute Gasteiger partial charge is 0.280 e. The van der Waals surface area contributed by atoms with Gasteiger partial charge in [-0.1, -0.05) is 79.7 Å². The van der Waals surface area contributed by atoms with Gasteiger partial charge in [-0.3, -0.25) is 14.3 Å². The van der Waals surface area contributed by atoms with E-state index in [4.69, 9.17) is 19.2 Å². The van der Waals surface area contributed by atoms with Crippen LogP contribution < -0.4 is 15.6 Å². The lowest BCUT2D eigenvalue weighted by molar-refractivity contribution is -0.256. The number of methoxy groups -OCH3 is 2. The number of benzene rings is 3. The number of ether oxygens (including phenoxy) is 3. The minimum atomic E-state index is -1.57. The summed E-state index contributed by atoms with van der Waals surface area (Å²) in [5, 5.41) is 13.5. The minimum Gasteiger partial charge on any atom is -0.497 e. The lowest BCUT2D eigenvalue weighted by atomic mass is 9.77. The van der Waals surface area contributed by atoms with Crippen molar-refractivity contribution < 1.29 is 23.7 Å². The van der Waals surface area contributed by atoms with E-state index in [9.17, 15) is 9.90 Å². The fraction of sp³-hybridized carbons (Fsp3) is 0.281. The largest absolute Gasteiger partial charge is 0.497 e. The molecule has 2 aromatic heterocycles. The highest BCUT2D eigenvalue weighted by molar-refractivity contribution is 5.71. The van der Waals surface area contributed by atoms with Gasteiger partial charge in [0.05, 0.1) is 20.0 Å². The Morgan fingerprint density at radius 1 is 1.02 bits per heavy atom. The summed E-state index contributed by atoms with van der Waals surface area (Å²) in [7, 11) is 2.96. The number of hydrogen-bond acceptors (Lipinski definition) is 8. The molecule has 43 heavy (non-hydrogen) atoms. The quantitative estimate of drug-likeness (QED) is 0.218. The Bertz CT molecular complexity index is 1720. The number of rotatable bonds is 9. The van der Waals surface area contributed by atoms with E-state index in [1.165, 1.54) is 18.0 Å². The number of H-pyrrole nitrogens is 1. The zero-order valence-corrected chi connectivity index (χ0v) is 23.9. The van der Waals surface area contributed by atoms with Gasteiger partial charge in [-0.05, 0) is 28.8 Å². The highest BCUT2D eigenvalue weighted by Crippen LogP contribution is 2.44. The van der Waals surface area contributed by atoms with Crippen LogP contribution in [0.5, 0.6) is 5.75 Å². The van der Waals surface area contributed by atoms with Crippen molar-refractivity contribution in [1.82, 2.24) is 19.5 Å². The normalized spacial score (nSPS) is 22.1. The van der Waals surface area contributed by atoms with Gasteiger partial charge >= 0.3 is 0 Å². The molecule has 1 fully saturated rings. The summed E-state index contributed by atoms with van der Waals surface area (Å²) in [6.45, 7) is 1.05. The molecular weight excluding hydrogens is 553 g/mol. The van der Waals surface area contributed by atoms with Gasteiger partial charge in [0.1, 0.15) is 11.3 Å². The fourth-order valence-electron chi connectivity index (χ4n) is 5.84. The van der Waals surface area contributed by atoms with Gasteiger partial charge < -0.3 is 24.6 Å². The lowest BCUT2D eigenvalue weighted by Crippen LogP contribution is -2.41. The number of nitrogens with one attached hydrogen (secondary N) is 2. The molecule has 3 aromatic carbocycles. The van der Waals surface area contributed by atoms with Gasteiger partial charge in [-0.15, -0.1) is 0 Å². The van der Waals surface area contributed by atoms with E-state index in [2.05, 4.69) is 15.3 Å². The third-order valence-electron chi connectivity index (χ3n) is 8.28. The van der Waals surface area contributed by atoms with Crippen LogP contribution in [0.2, 0.25) is 0 Å². The molecule has 0 amide bonds. The van der Waals surface area contributed by atoms with Crippen molar-refractivity contribution in [2.24, 2.45) is 5.92 Å². The molecule has 0 saturated carbocycles. The Kier molecular flexibility index (Phi) is 7.47. The number of nitrogens with zero attached hydrogens (tertiary/aromatic N) is 3. The van der Waals surface area contributed by atoms with E-state index in [-0.39, 0.29) is 17.1 Å². The summed E-state index contributed by atoms with van der Waals surface area (Å²) in [6, 6.07) is 27.2. The van der Waals surface area contributed by atoms with Crippen LogP contribution in [0.4, 0.5) is 10.3 Å². The maximum absolute atomic E-state index is 15.6. The second-order valence-electron chi connectivity index (χ2n) is 10.5. The van der Waals surface area contributed by atoms with Crippen LogP contribution in [0.15, 0.2) is 96.1 Å². The molecule has 0 radical (unpaired) electrons. The first-order valence-electron chi connectivity index (χ1n) is 13.9. The standard InChI is InChI=1S/C32H32FN5O5/c1-20-25(33)29(43-31(20,18-39)42-3)38-19-34-26-27(38)35-30(36-28(26)40)37-32(21-10-6-4-7-11-21,22-12-8-5-9-13-22)23-14-16-24(41-2)17-15-23/h4-17,19-20,25,29,39H,18H2,1-3H3,(H2,35,36,37,40)/t20-,25+,29+,31+/m0/s1. The first kappa shape index (κ1) is 28.5. The van der Waals surface area contributed by atoms with E-state index in [1.54, 1.807) is 14.0 Å². The van der Waals surface area contributed by atoms with Gasteiger partial charge in [0.25, 0.3) is 5.56 Å². The molecule has 3 N–H and O–H groups in total. The number of aliphatic hydroxyl groups is 1. The first-order valence-corrected chi connectivity index (χ1v) is 13.9. The second-order valence-corrected chi connectivity index (χ2v) is 10.5. The van der Waals surface area contributed by atoms with Crippen molar-refractivity contribution in [3.8, 4) is 5.75 Å². The number of fused-ring (bicyclic) bond motifs is 1. The van der Waals surface area contributed by atoms with E-state index in [0.29, 0.717) is 5.75 Å². The van der Waals surface area contributed by atoms with Crippen LogP contribution in [0.3, 0.4) is 0 Å². The van der Waals surface area contributed by atoms with E-state index < -0.39 is 41.8 Å². The number of aromatic amines is 1. The van der Waals surface area contributed by atoms with Crippen molar-refractivity contribution >= 4 is 17.1 Å². The molecular formula is C32H32FN5O5. The average molecular weight is 586 g/mol. The molecule has 10 nitrogen and oxygen atoms in total. The van der Waals surface area contributed by atoms with Gasteiger partial charge in [-0.2, -0.15) is 4.98 Å². The summed E-state index contributed by atoms with van der Waals surface area (Å²) in [5.74, 6) is -1.53. The number of aromatic nitrogens is 4. The molecule has 4 atom stereocenters. The van der Waals surface area contributed by atoms with E-state index in [0.717, 1.165) is 16.7 Å². The Morgan fingerprint density at radius 2 is 1.63 bits per heavy atom. The lowest BCUT2D eigenvalue weighted by Gasteiger charge is -2.37. The third kappa shape index (κ3) is 4.66. The predicted octanol–water partition coefficient (Wildman–Crippen LogP) is 4.37. The maximum atomic E-state index is 15.6. The second kappa shape index (κ2) is 11.3. The summed E-state index contributed by atoms with van der Waals surface area (Å²) in [6.07, 6.45) is -1.49. The maximum Gasteiger partial charge on any atom is 0.280 e. The number of imidazole rings is 1. The number of anilines is 1. The molecule has 1 aliphatic rings. The summed E-state index contributed by atoms with van der Waals surface area (Å²) in [5.41, 5.74) is 1.21. The number of alkyl halides is 1. The number of halogens is 1. The van der Waals surface area contributed by atoms with Gasteiger partial charge in [0.2, 0.25) is 5.95 Å². The van der Waals surface area contributed by atoms with E-state index in [1.807, 2.05) is 84.9 Å². The Morgan fingerprint density at radius 3 is 2.16 bits per heavy atom. The monoisotopic (exact) mass is 585 g/mol. The van der Waals surface area contributed by atoms with Crippen LogP contribution in [-0.4, -0.2) is 57.4 Å². The van der Waals surface area contributed by atoms with Gasteiger partial charge in [0.15, 0.2) is 29.4 Å². The molecule has 0 unspecified atom stereocenters. The summed E-state index contributed by atoms with van der Waals surface area (Å²) in [4.78, 5) is 25.2. The molecule has 0 aliphatic carbocycles. The third-order valence-corrected chi connectivity index (χ3v) is 8.28. The Balaban J connectivity index is 1.53. The molecule has 3 heterocycles. The highest BCUT2D eigenvalue weighted by atomic mass is 19.1. The minimum absolute atomic E-state index is 0.0161.